The summed E-state index contributed by atoms with van der Waals surface area (Å²) in [6, 6.07) is 21.1. The Hall–Kier alpha value is -4.00. The molecule has 0 radical (unpaired) electrons. The molecular weight excluding hydrogens is 430 g/mol. The summed E-state index contributed by atoms with van der Waals surface area (Å²) >= 11 is 0. The first-order valence-corrected chi connectivity index (χ1v) is 11.5. The van der Waals surface area contributed by atoms with E-state index in [2.05, 4.69) is 36.5 Å². The highest BCUT2D eigenvalue weighted by atomic mass is 16.7. The molecule has 0 saturated carbocycles. The third-order valence-corrected chi connectivity index (χ3v) is 6.12. The highest BCUT2D eigenvalue weighted by Crippen LogP contribution is 2.32. The zero-order chi connectivity index (χ0) is 23.5. The maximum absolute atomic E-state index is 13.2. The number of carbonyl (C=O) groups is 2. The van der Waals surface area contributed by atoms with Crippen molar-refractivity contribution in [2.75, 3.05) is 24.8 Å². The molecule has 1 N–H and O–H groups in total. The summed E-state index contributed by atoms with van der Waals surface area (Å²) in [4.78, 5) is 29.6. The molecule has 2 aliphatic heterocycles. The molecule has 174 valence electrons. The van der Waals surface area contributed by atoms with E-state index in [0.717, 1.165) is 29.8 Å². The van der Waals surface area contributed by atoms with Crippen molar-refractivity contribution in [3.05, 3.63) is 89.0 Å². The van der Waals surface area contributed by atoms with Gasteiger partial charge in [-0.25, -0.2) is 4.79 Å². The van der Waals surface area contributed by atoms with E-state index in [1.54, 1.807) is 17.0 Å². The van der Waals surface area contributed by atoms with Gasteiger partial charge in [-0.15, -0.1) is 0 Å². The van der Waals surface area contributed by atoms with Gasteiger partial charge in [0.1, 0.15) is 0 Å². The van der Waals surface area contributed by atoms with Crippen molar-refractivity contribution in [2.24, 2.45) is 0 Å². The number of hydrogen-bond donors (Lipinski definition) is 1. The molecule has 0 spiro atoms. The van der Waals surface area contributed by atoms with Crippen molar-refractivity contribution in [3.8, 4) is 11.5 Å². The van der Waals surface area contributed by atoms with Crippen molar-refractivity contribution in [2.45, 2.75) is 26.4 Å². The van der Waals surface area contributed by atoms with Crippen LogP contribution in [0.1, 0.15) is 33.5 Å². The summed E-state index contributed by atoms with van der Waals surface area (Å²) in [5.41, 5.74) is 4.48. The maximum Gasteiger partial charge on any atom is 0.324 e. The molecule has 0 atom stereocenters. The second kappa shape index (κ2) is 9.47. The van der Waals surface area contributed by atoms with Crippen LogP contribution in [0.4, 0.5) is 10.5 Å². The molecule has 0 aromatic heterocycles. The molecule has 5 rings (SSSR count). The Balaban J connectivity index is 1.24. The lowest BCUT2D eigenvalue weighted by atomic mass is 10.1. The Morgan fingerprint density at radius 1 is 0.941 bits per heavy atom. The van der Waals surface area contributed by atoms with Crippen molar-refractivity contribution in [3.63, 3.8) is 0 Å². The smallest absolute Gasteiger partial charge is 0.324 e. The number of aryl methyl sites for hydroxylation is 1. The van der Waals surface area contributed by atoms with Crippen LogP contribution in [0.15, 0.2) is 66.7 Å². The fraction of sp³-hybridized carbons (Fsp3) is 0.259. The molecule has 0 aliphatic carbocycles. The Morgan fingerprint density at radius 2 is 1.74 bits per heavy atom. The molecular formula is C27H27N3O4. The van der Waals surface area contributed by atoms with Crippen molar-refractivity contribution < 1.29 is 19.1 Å². The molecule has 2 heterocycles. The molecule has 7 heteroatoms. The lowest BCUT2D eigenvalue weighted by molar-refractivity contribution is 0.0950. The topological polar surface area (TPSA) is 71.1 Å². The van der Waals surface area contributed by atoms with Crippen LogP contribution in [-0.4, -0.2) is 36.7 Å². The SMILES string of the molecule is Cc1ccc(CN2CCCN(c3cccc(C(=O)NCc4ccc5c(c4)OCO5)c3)C2=O)cc1. The first kappa shape index (κ1) is 21.8. The maximum atomic E-state index is 13.2. The molecule has 1 saturated heterocycles. The largest absolute Gasteiger partial charge is 0.454 e. The fourth-order valence-electron chi connectivity index (χ4n) is 4.23. The highest BCUT2D eigenvalue weighted by Gasteiger charge is 2.27. The Bertz CT molecular complexity index is 1210. The minimum atomic E-state index is -0.194. The first-order chi connectivity index (χ1) is 16.6. The van der Waals surface area contributed by atoms with E-state index in [4.69, 9.17) is 9.47 Å². The second-order valence-electron chi connectivity index (χ2n) is 8.62. The summed E-state index contributed by atoms with van der Waals surface area (Å²) in [5, 5.41) is 2.94. The Morgan fingerprint density at radius 3 is 2.59 bits per heavy atom. The quantitative estimate of drug-likeness (QED) is 0.592. The standard InChI is InChI=1S/C27H27N3O4/c1-19-6-8-20(9-7-19)17-29-12-3-13-30(27(29)32)23-5-2-4-22(15-23)26(31)28-16-21-10-11-24-25(14-21)34-18-33-24/h2,4-11,14-15H,3,12-13,16-18H2,1H3,(H,28,31). The van der Waals surface area contributed by atoms with Gasteiger partial charge in [-0.05, 0) is 54.8 Å². The van der Waals surface area contributed by atoms with Crippen molar-refractivity contribution in [1.82, 2.24) is 10.2 Å². The molecule has 34 heavy (non-hydrogen) atoms. The number of fused-ring (bicyclic) bond motifs is 1. The molecule has 0 bridgehead atoms. The van der Waals surface area contributed by atoms with Gasteiger partial charge in [0.2, 0.25) is 6.79 Å². The molecule has 3 aromatic rings. The molecule has 3 amide bonds. The fourth-order valence-corrected chi connectivity index (χ4v) is 4.23. The summed E-state index contributed by atoms with van der Waals surface area (Å²) in [6.07, 6.45) is 0.873. The molecule has 3 aromatic carbocycles. The van der Waals surface area contributed by atoms with Crippen LogP contribution in [0.5, 0.6) is 11.5 Å². The zero-order valence-corrected chi connectivity index (χ0v) is 19.1. The van der Waals surface area contributed by atoms with Crippen LogP contribution in [0, 0.1) is 6.92 Å². The number of urea groups is 1. The molecule has 2 aliphatic rings. The summed E-state index contributed by atoms with van der Waals surface area (Å²) < 4.78 is 10.7. The lowest BCUT2D eigenvalue weighted by Crippen LogP contribution is -2.49. The summed E-state index contributed by atoms with van der Waals surface area (Å²) in [5.74, 6) is 1.21. The average Bonchev–Trinajstić information content (AvgIpc) is 3.33. The van der Waals surface area contributed by atoms with Gasteiger partial charge in [0.05, 0.1) is 0 Å². The van der Waals surface area contributed by atoms with Crippen LogP contribution in [0.25, 0.3) is 0 Å². The second-order valence-corrected chi connectivity index (χ2v) is 8.62. The molecule has 7 nitrogen and oxygen atoms in total. The zero-order valence-electron chi connectivity index (χ0n) is 19.1. The number of carbonyl (C=O) groups excluding carboxylic acids is 2. The minimum absolute atomic E-state index is 0.0373. The number of ether oxygens (including phenoxy) is 2. The molecule has 0 unspecified atom stereocenters. The highest BCUT2D eigenvalue weighted by molar-refractivity contribution is 5.98. The van der Waals surface area contributed by atoms with Crippen LogP contribution < -0.4 is 19.7 Å². The Kier molecular flexibility index (Phi) is 6.08. The van der Waals surface area contributed by atoms with E-state index in [-0.39, 0.29) is 18.7 Å². The van der Waals surface area contributed by atoms with Crippen molar-refractivity contribution in [1.29, 1.82) is 0 Å². The van der Waals surface area contributed by atoms with Gasteiger partial charge in [0.25, 0.3) is 5.91 Å². The van der Waals surface area contributed by atoms with Gasteiger partial charge >= 0.3 is 6.03 Å². The van der Waals surface area contributed by atoms with Crippen LogP contribution in [0.2, 0.25) is 0 Å². The first-order valence-electron chi connectivity index (χ1n) is 11.5. The van der Waals surface area contributed by atoms with E-state index >= 15 is 0 Å². The summed E-state index contributed by atoms with van der Waals surface area (Å²) in [7, 11) is 0. The van der Waals surface area contributed by atoms with Gasteiger partial charge < -0.3 is 19.7 Å². The van der Waals surface area contributed by atoms with Crippen LogP contribution >= 0.6 is 0 Å². The monoisotopic (exact) mass is 457 g/mol. The number of amides is 3. The van der Waals surface area contributed by atoms with E-state index in [1.807, 2.05) is 35.2 Å². The van der Waals surface area contributed by atoms with Crippen LogP contribution in [0.3, 0.4) is 0 Å². The van der Waals surface area contributed by atoms with Crippen molar-refractivity contribution >= 4 is 17.6 Å². The minimum Gasteiger partial charge on any atom is -0.454 e. The predicted octanol–water partition coefficient (Wildman–Crippen LogP) is 4.49. The normalized spacial score (nSPS) is 14.9. The number of hydrogen-bond acceptors (Lipinski definition) is 4. The molecule has 1 fully saturated rings. The van der Waals surface area contributed by atoms with Gasteiger partial charge in [-0.2, -0.15) is 0 Å². The lowest BCUT2D eigenvalue weighted by Gasteiger charge is -2.36. The van der Waals surface area contributed by atoms with Gasteiger partial charge in [-0.3, -0.25) is 9.69 Å². The number of nitrogens with one attached hydrogen (secondary N) is 1. The van der Waals surface area contributed by atoms with Gasteiger partial charge in [-0.1, -0.05) is 42.0 Å². The average molecular weight is 458 g/mol. The predicted molar refractivity (Wildman–Crippen MR) is 129 cm³/mol. The van der Waals surface area contributed by atoms with E-state index in [1.165, 1.54) is 5.56 Å². The van der Waals surface area contributed by atoms with Crippen LogP contribution in [-0.2, 0) is 13.1 Å². The van der Waals surface area contributed by atoms with E-state index in [0.29, 0.717) is 36.7 Å². The van der Waals surface area contributed by atoms with Gasteiger partial charge in [0, 0.05) is 37.4 Å². The summed E-state index contributed by atoms with van der Waals surface area (Å²) in [6.45, 7) is 4.56. The number of nitrogens with zero attached hydrogens (tertiary/aromatic N) is 2. The number of anilines is 1. The third-order valence-electron chi connectivity index (χ3n) is 6.12. The van der Waals surface area contributed by atoms with E-state index < -0.39 is 0 Å². The van der Waals surface area contributed by atoms with Gasteiger partial charge in [0.15, 0.2) is 11.5 Å². The third kappa shape index (κ3) is 4.69. The van der Waals surface area contributed by atoms with E-state index in [9.17, 15) is 9.59 Å². The number of benzene rings is 3. The number of rotatable bonds is 6. The Labute approximate surface area is 198 Å².